The van der Waals surface area contributed by atoms with Gasteiger partial charge in [-0.15, -0.1) is 0 Å². The summed E-state index contributed by atoms with van der Waals surface area (Å²) in [5.41, 5.74) is 1.51. The quantitative estimate of drug-likeness (QED) is 0.781. The molecule has 0 bridgehead atoms. The van der Waals surface area contributed by atoms with Gasteiger partial charge in [0.1, 0.15) is 0 Å². The Bertz CT molecular complexity index is 581. The number of hydrogen-bond donors (Lipinski definition) is 0. The molecule has 1 aromatic heterocycles. The zero-order valence-corrected chi connectivity index (χ0v) is 15.0. The zero-order chi connectivity index (χ0) is 18.0. The second-order valence-corrected chi connectivity index (χ2v) is 7.29. The van der Waals surface area contributed by atoms with Gasteiger partial charge in [0.05, 0.1) is 11.3 Å². The van der Waals surface area contributed by atoms with Crippen LogP contribution in [0.3, 0.4) is 0 Å². The van der Waals surface area contributed by atoms with Gasteiger partial charge in [0.2, 0.25) is 5.88 Å². The van der Waals surface area contributed by atoms with Gasteiger partial charge in [-0.1, -0.05) is 0 Å². The van der Waals surface area contributed by atoms with Crippen molar-refractivity contribution in [3.63, 3.8) is 0 Å². The Morgan fingerprint density at radius 3 is 2.56 bits per heavy atom. The molecule has 0 saturated carbocycles. The van der Waals surface area contributed by atoms with E-state index in [-0.39, 0.29) is 5.88 Å². The molecule has 0 aromatic carbocycles. The summed E-state index contributed by atoms with van der Waals surface area (Å²) >= 11 is 0. The highest BCUT2D eigenvalue weighted by atomic mass is 19.4. The molecule has 0 radical (unpaired) electrons. The Hall–Kier alpha value is -1.28. The maximum atomic E-state index is 12.5. The molecule has 5 nitrogen and oxygen atoms in total. The van der Waals surface area contributed by atoms with Crippen molar-refractivity contribution in [1.82, 2.24) is 19.6 Å². The van der Waals surface area contributed by atoms with Crippen LogP contribution in [-0.4, -0.2) is 65.1 Å². The van der Waals surface area contributed by atoms with E-state index >= 15 is 0 Å². The fourth-order valence-corrected chi connectivity index (χ4v) is 3.95. The van der Waals surface area contributed by atoms with E-state index in [4.69, 9.17) is 4.74 Å². The van der Waals surface area contributed by atoms with Crippen LogP contribution in [0.5, 0.6) is 5.88 Å². The molecule has 2 fully saturated rings. The number of ether oxygens (including phenoxy) is 1. The fourth-order valence-electron chi connectivity index (χ4n) is 3.95. The van der Waals surface area contributed by atoms with E-state index in [2.05, 4.69) is 14.9 Å². The largest absolute Gasteiger partial charge is 0.468 e. The van der Waals surface area contributed by atoms with Gasteiger partial charge in [-0.25, -0.2) is 4.68 Å². The molecule has 0 spiro atoms. The van der Waals surface area contributed by atoms with Crippen molar-refractivity contribution in [3.05, 3.63) is 11.3 Å². The normalized spacial score (nSPS) is 22.8. The lowest BCUT2D eigenvalue weighted by Gasteiger charge is -2.21. The SMILES string of the molecule is Cc1nn(C)c(OCC(F)(F)F)c1CN1CCC(CN2CCCC2)C1. The summed E-state index contributed by atoms with van der Waals surface area (Å²) in [6.07, 6.45) is -0.602. The maximum absolute atomic E-state index is 12.5. The number of hydrogen-bond acceptors (Lipinski definition) is 4. The van der Waals surface area contributed by atoms with Crippen LogP contribution in [-0.2, 0) is 13.6 Å². The number of alkyl halides is 3. The molecule has 2 aliphatic rings. The summed E-state index contributed by atoms with van der Waals surface area (Å²) < 4.78 is 43.9. The minimum absolute atomic E-state index is 0.234. The minimum Gasteiger partial charge on any atom is -0.468 e. The maximum Gasteiger partial charge on any atom is 0.422 e. The van der Waals surface area contributed by atoms with Gasteiger partial charge in [-0.2, -0.15) is 18.3 Å². The molecule has 1 aromatic rings. The predicted molar refractivity (Wildman–Crippen MR) is 88.6 cm³/mol. The Labute approximate surface area is 146 Å². The molecule has 25 heavy (non-hydrogen) atoms. The van der Waals surface area contributed by atoms with Crippen LogP contribution in [0.4, 0.5) is 13.2 Å². The molecule has 0 N–H and O–H groups in total. The number of rotatable bonds is 6. The van der Waals surface area contributed by atoms with Crippen LogP contribution >= 0.6 is 0 Å². The number of likely N-dealkylation sites (tertiary alicyclic amines) is 2. The van der Waals surface area contributed by atoms with Gasteiger partial charge in [0.25, 0.3) is 0 Å². The van der Waals surface area contributed by atoms with Gasteiger partial charge >= 0.3 is 6.18 Å². The Kier molecular flexibility index (Phi) is 5.58. The molecular weight excluding hydrogens is 333 g/mol. The molecular formula is C17H27F3N4O. The molecule has 2 aliphatic heterocycles. The summed E-state index contributed by atoms with van der Waals surface area (Å²) in [4.78, 5) is 4.84. The third kappa shape index (κ3) is 4.88. The summed E-state index contributed by atoms with van der Waals surface area (Å²) in [6.45, 7) is 6.66. The van der Waals surface area contributed by atoms with Crippen LogP contribution in [0, 0.1) is 12.8 Å². The number of halogens is 3. The van der Waals surface area contributed by atoms with Crippen LogP contribution < -0.4 is 4.74 Å². The molecule has 3 heterocycles. The first-order valence-corrected chi connectivity index (χ1v) is 8.98. The summed E-state index contributed by atoms with van der Waals surface area (Å²) in [5.74, 6) is 0.882. The van der Waals surface area contributed by atoms with E-state index in [0.29, 0.717) is 12.5 Å². The Morgan fingerprint density at radius 2 is 1.88 bits per heavy atom. The molecule has 0 amide bonds. The highest BCUT2D eigenvalue weighted by Crippen LogP contribution is 2.28. The first-order valence-electron chi connectivity index (χ1n) is 8.98. The standard InChI is InChI=1S/C17H27F3N4O/c1-13-15(16(22(2)21-13)25-12-17(18,19)20)11-24-8-5-14(10-24)9-23-6-3-4-7-23/h14H,3-12H2,1-2H3. The summed E-state index contributed by atoms with van der Waals surface area (Å²) in [6, 6.07) is 0. The molecule has 2 saturated heterocycles. The lowest BCUT2D eigenvalue weighted by Crippen LogP contribution is -2.29. The highest BCUT2D eigenvalue weighted by molar-refractivity contribution is 5.31. The number of aryl methyl sites for hydroxylation is 2. The monoisotopic (exact) mass is 360 g/mol. The topological polar surface area (TPSA) is 33.5 Å². The Morgan fingerprint density at radius 1 is 1.16 bits per heavy atom. The van der Waals surface area contributed by atoms with Crippen molar-refractivity contribution in [2.75, 3.05) is 39.3 Å². The van der Waals surface area contributed by atoms with Crippen LogP contribution in [0.1, 0.15) is 30.5 Å². The van der Waals surface area contributed by atoms with Crippen molar-refractivity contribution in [2.45, 2.75) is 38.9 Å². The molecule has 3 rings (SSSR count). The van der Waals surface area contributed by atoms with Crippen LogP contribution in [0.15, 0.2) is 0 Å². The second kappa shape index (κ2) is 7.53. The zero-order valence-electron chi connectivity index (χ0n) is 15.0. The molecule has 142 valence electrons. The van der Waals surface area contributed by atoms with Crippen LogP contribution in [0.25, 0.3) is 0 Å². The smallest absolute Gasteiger partial charge is 0.422 e. The van der Waals surface area contributed by atoms with Gasteiger partial charge in [-0.05, 0) is 51.7 Å². The van der Waals surface area contributed by atoms with E-state index in [1.807, 2.05) is 6.92 Å². The number of nitrogens with zero attached hydrogens (tertiary/aromatic N) is 4. The lowest BCUT2D eigenvalue weighted by atomic mass is 10.1. The molecule has 1 unspecified atom stereocenters. The van der Waals surface area contributed by atoms with E-state index in [0.717, 1.165) is 37.3 Å². The number of aromatic nitrogens is 2. The van der Waals surface area contributed by atoms with Crippen molar-refractivity contribution < 1.29 is 17.9 Å². The van der Waals surface area contributed by atoms with Gasteiger partial charge in [0, 0.05) is 26.7 Å². The predicted octanol–water partition coefficient (Wildman–Crippen LogP) is 2.59. The second-order valence-electron chi connectivity index (χ2n) is 7.29. The first-order chi connectivity index (χ1) is 11.8. The first kappa shape index (κ1) is 18.5. The average molecular weight is 360 g/mol. The highest BCUT2D eigenvalue weighted by Gasteiger charge is 2.31. The third-order valence-electron chi connectivity index (χ3n) is 5.13. The van der Waals surface area contributed by atoms with E-state index in [1.165, 1.54) is 30.6 Å². The fraction of sp³-hybridized carbons (Fsp3) is 0.824. The van der Waals surface area contributed by atoms with Crippen molar-refractivity contribution in [2.24, 2.45) is 13.0 Å². The van der Waals surface area contributed by atoms with Crippen LogP contribution in [0.2, 0.25) is 0 Å². The molecule has 1 atom stereocenters. The minimum atomic E-state index is -4.34. The molecule has 0 aliphatic carbocycles. The van der Waals surface area contributed by atoms with Crippen molar-refractivity contribution >= 4 is 0 Å². The van der Waals surface area contributed by atoms with Gasteiger partial charge in [-0.3, -0.25) is 4.90 Å². The van der Waals surface area contributed by atoms with E-state index < -0.39 is 12.8 Å². The van der Waals surface area contributed by atoms with E-state index in [1.54, 1.807) is 7.05 Å². The van der Waals surface area contributed by atoms with Crippen molar-refractivity contribution in [3.8, 4) is 5.88 Å². The Balaban J connectivity index is 1.59. The average Bonchev–Trinajstić information content (AvgIpc) is 3.22. The van der Waals surface area contributed by atoms with Gasteiger partial charge < -0.3 is 9.64 Å². The molecule has 8 heteroatoms. The summed E-state index contributed by atoms with van der Waals surface area (Å²) in [7, 11) is 1.63. The van der Waals surface area contributed by atoms with Crippen molar-refractivity contribution in [1.29, 1.82) is 0 Å². The third-order valence-corrected chi connectivity index (χ3v) is 5.13. The summed E-state index contributed by atoms with van der Waals surface area (Å²) in [5, 5.41) is 4.25. The van der Waals surface area contributed by atoms with Gasteiger partial charge in [0.15, 0.2) is 6.61 Å². The van der Waals surface area contributed by atoms with E-state index in [9.17, 15) is 13.2 Å². The lowest BCUT2D eigenvalue weighted by molar-refractivity contribution is -0.154.